The first-order chi connectivity index (χ1) is 18.4. The molecule has 5 rings (SSSR count). The highest BCUT2D eigenvalue weighted by molar-refractivity contribution is 5.90. The van der Waals surface area contributed by atoms with E-state index in [4.69, 9.17) is 23.4 Å². The van der Waals surface area contributed by atoms with Gasteiger partial charge in [-0.1, -0.05) is 36.4 Å². The van der Waals surface area contributed by atoms with E-state index in [2.05, 4.69) is 0 Å². The van der Waals surface area contributed by atoms with Crippen molar-refractivity contribution in [3.8, 4) is 5.75 Å². The van der Waals surface area contributed by atoms with Crippen molar-refractivity contribution in [1.29, 1.82) is 0 Å². The van der Waals surface area contributed by atoms with Crippen molar-refractivity contribution in [2.75, 3.05) is 0 Å². The molecular formula is C30H26O8. The van der Waals surface area contributed by atoms with Crippen molar-refractivity contribution in [2.45, 2.75) is 44.9 Å². The molecule has 194 valence electrons. The number of aryl methyl sites for hydroxylation is 1. The molecule has 4 atom stereocenters. The average Bonchev–Trinajstić information content (AvgIpc) is 2.91. The maximum atomic E-state index is 12.9. The summed E-state index contributed by atoms with van der Waals surface area (Å²) < 4.78 is 29.0. The SMILES string of the molecule is Cc1cc(=O)oc2cc(O[C@@H]3O[C@@H](C)[C@@H](OC(=O)c4ccccc4)C[C@@H]3OC(=O)c3ccccc3)ccc12. The van der Waals surface area contributed by atoms with Crippen molar-refractivity contribution in [3.05, 3.63) is 112 Å². The van der Waals surface area contributed by atoms with Crippen molar-refractivity contribution >= 4 is 22.9 Å². The monoisotopic (exact) mass is 514 g/mol. The minimum absolute atomic E-state index is 0.157. The molecule has 1 aliphatic rings. The van der Waals surface area contributed by atoms with Crippen LogP contribution >= 0.6 is 0 Å². The Morgan fingerprint density at radius 2 is 1.42 bits per heavy atom. The van der Waals surface area contributed by atoms with Crippen LogP contribution in [0.25, 0.3) is 11.0 Å². The fraction of sp³-hybridized carbons (Fsp3) is 0.233. The molecule has 8 heteroatoms. The van der Waals surface area contributed by atoms with Gasteiger partial charge in [0.1, 0.15) is 17.4 Å². The summed E-state index contributed by atoms with van der Waals surface area (Å²) in [7, 11) is 0. The molecule has 1 fully saturated rings. The van der Waals surface area contributed by atoms with Gasteiger partial charge in [-0.05, 0) is 55.8 Å². The summed E-state index contributed by atoms with van der Waals surface area (Å²) in [5, 5.41) is 0.773. The van der Waals surface area contributed by atoms with E-state index in [1.807, 2.05) is 13.0 Å². The standard InChI is InChI=1S/C30H26O8/c1-18-15-27(31)36-25-16-22(13-14-23(18)25)35-30-26(38-29(33)21-11-7-4-8-12-21)17-24(19(2)34-30)37-28(32)20-9-5-3-6-10-20/h3-16,19,24,26,30H,17H2,1-2H3/t19-,24-,26-,30-/m0/s1. The molecule has 1 aliphatic heterocycles. The summed E-state index contributed by atoms with van der Waals surface area (Å²) in [6.45, 7) is 3.58. The highest BCUT2D eigenvalue weighted by Crippen LogP contribution is 2.30. The van der Waals surface area contributed by atoms with Crippen LogP contribution in [0.4, 0.5) is 0 Å². The Hall–Kier alpha value is -4.43. The minimum atomic E-state index is -1.00. The van der Waals surface area contributed by atoms with Gasteiger partial charge in [0.25, 0.3) is 0 Å². The molecule has 38 heavy (non-hydrogen) atoms. The van der Waals surface area contributed by atoms with Gasteiger partial charge in [-0.15, -0.1) is 0 Å². The number of benzene rings is 3. The predicted octanol–water partition coefficient (Wildman–Crippen LogP) is 5.07. The van der Waals surface area contributed by atoms with Crippen molar-refractivity contribution < 1.29 is 33.0 Å². The van der Waals surface area contributed by atoms with Gasteiger partial charge < -0.3 is 23.4 Å². The second-order valence-corrected chi connectivity index (χ2v) is 9.09. The molecular weight excluding hydrogens is 488 g/mol. The molecule has 0 N–H and O–H groups in total. The first-order valence-corrected chi connectivity index (χ1v) is 12.3. The molecule has 0 bridgehead atoms. The third-order valence-corrected chi connectivity index (χ3v) is 6.35. The maximum Gasteiger partial charge on any atom is 0.338 e. The van der Waals surface area contributed by atoms with Crippen LogP contribution in [0.3, 0.4) is 0 Å². The molecule has 0 unspecified atom stereocenters. The lowest BCUT2D eigenvalue weighted by Gasteiger charge is -2.38. The Bertz CT molecular complexity index is 1500. The van der Waals surface area contributed by atoms with E-state index in [0.29, 0.717) is 22.5 Å². The summed E-state index contributed by atoms with van der Waals surface area (Å²) >= 11 is 0. The van der Waals surface area contributed by atoms with E-state index < -0.39 is 42.2 Å². The highest BCUT2D eigenvalue weighted by Gasteiger charge is 2.42. The van der Waals surface area contributed by atoms with Gasteiger partial charge in [-0.3, -0.25) is 0 Å². The Balaban J connectivity index is 1.39. The Morgan fingerprint density at radius 3 is 2.05 bits per heavy atom. The van der Waals surface area contributed by atoms with Crippen molar-refractivity contribution in [1.82, 2.24) is 0 Å². The number of hydrogen-bond donors (Lipinski definition) is 0. The molecule has 4 aromatic rings. The van der Waals surface area contributed by atoms with Crippen LogP contribution in [0.1, 0.15) is 39.6 Å². The third kappa shape index (κ3) is 5.60. The van der Waals surface area contributed by atoms with E-state index in [-0.39, 0.29) is 6.42 Å². The number of hydrogen-bond acceptors (Lipinski definition) is 8. The third-order valence-electron chi connectivity index (χ3n) is 6.35. The van der Waals surface area contributed by atoms with Gasteiger partial charge in [-0.25, -0.2) is 14.4 Å². The largest absolute Gasteiger partial charge is 0.461 e. The van der Waals surface area contributed by atoms with Gasteiger partial charge in [0.2, 0.25) is 6.29 Å². The molecule has 0 amide bonds. The summed E-state index contributed by atoms with van der Waals surface area (Å²) in [6, 6.07) is 23.7. The van der Waals surface area contributed by atoms with Gasteiger partial charge in [0.15, 0.2) is 6.10 Å². The van der Waals surface area contributed by atoms with Crippen LogP contribution in [0.5, 0.6) is 5.75 Å². The zero-order valence-electron chi connectivity index (χ0n) is 20.9. The number of fused-ring (bicyclic) bond motifs is 1. The molecule has 1 aromatic heterocycles. The van der Waals surface area contributed by atoms with Gasteiger partial charge in [0.05, 0.1) is 17.2 Å². The number of esters is 2. The molecule has 2 heterocycles. The Labute approximate surface area is 218 Å². The number of rotatable bonds is 6. The number of ether oxygens (including phenoxy) is 4. The molecule has 1 saturated heterocycles. The fourth-order valence-corrected chi connectivity index (χ4v) is 4.34. The normalized spacial score (nSPS) is 21.0. The first-order valence-electron chi connectivity index (χ1n) is 12.3. The lowest BCUT2D eigenvalue weighted by molar-refractivity contribution is -0.228. The fourth-order valence-electron chi connectivity index (χ4n) is 4.34. The molecule has 8 nitrogen and oxygen atoms in total. The predicted molar refractivity (Wildman–Crippen MR) is 138 cm³/mol. The van der Waals surface area contributed by atoms with Crippen LogP contribution in [0.15, 0.2) is 94.1 Å². The Morgan fingerprint density at radius 1 is 0.816 bits per heavy atom. The van der Waals surface area contributed by atoms with E-state index in [9.17, 15) is 14.4 Å². The van der Waals surface area contributed by atoms with Gasteiger partial charge in [0, 0.05) is 23.9 Å². The number of carbonyl (C=O) groups excluding carboxylic acids is 2. The van der Waals surface area contributed by atoms with E-state index in [1.165, 1.54) is 6.07 Å². The second-order valence-electron chi connectivity index (χ2n) is 9.09. The lowest BCUT2D eigenvalue weighted by Crippen LogP contribution is -2.51. The van der Waals surface area contributed by atoms with Crippen molar-refractivity contribution in [2.24, 2.45) is 0 Å². The van der Waals surface area contributed by atoms with Crippen LogP contribution in [-0.4, -0.2) is 36.5 Å². The van der Waals surface area contributed by atoms with Crippen LogP contribution < -0.4 is 10.4 Å². The highest BCUT2D eigenvalue weighted by atomic mass is 16.7. The molecule has 0 spiro atoms. The summed E-state index contributed by atoms with van der Waals surface area (Å²) in [4.78, 5) is 37.5. The van der Waals surface area contributed by atoms with E-state index in [0.717, 1.165) is 10.9 Å². The average molecular weight is 515 g/mol. The molecule has 3 aromatic carbocycles. The molecule has 0 saturated carbocycles. The van der Waals surface area contributed by atoms with E-state index in [1.54, 1.807) is 79.7 Å². The zero-order valence-corrected chi connectivity index (χ0v) is 20.9. The summed E-state index contributed by atoms with van der Waals surface area (Å²) in [5.74, 6) is -0.696. The summed E-state index contributed by atoms with van der Waals surface area (Å²) in [6.07, 6.45) is -2.98. The first kappa shape index (κ1) is 25.2. The number of carbonyl (C=O) groups is 2. The quantitative estimate of drug-likeness (QED) is 0.260. The molecule has 0 aliphatic carbocycles. The molecule has 0 radical (unpaired) electrons. The topological polar surface area (TPSA) is 101 Å². The minimum Gasteiger partial charge on any atom is -0.461 e. The Kier molecular flexibility index (Phi) is 7.24. The maximum absolute atomic E-state index is 12.9. The lowest BCUT2D eigenvalue weighted by atomic mass is 10.0. The van der Waals surface area contributed by atoms with Crippen LogP contribution in [-0.2, 0) is 14.2 Å². The van der Waals surface area contributed by atoms with Crippen LogP contribution in [0, 0.1) is 6.92 Å². The smallest absolute Gasteiger partial charge is 0.338 e. The van der Waals surface area contributed by atoms with Crippen LogP contribution in [0.2, 0.25) is 0 Å². The van der Waals surface area contributed by atoms with Gasteiger partial charge >= 0.3 is 17.6 Å². The summed E-state index contributed by atoms with van der Waals surface area (Å²) in [5.41, 5.74) is 1.45. The van der Waals surface area contributed by atoms with Gasteiger partial charge in [-0.2, -0.15) is 0 Å². The second kappa shape index (κ2) is 10.9. The zero-order chi connectivity index (χ0) is 26.6. The van der Waals surface area contributed by atoms with E-state index >= 15 is 0 Å². The van der Waals surface area contributed by atoms with Crippen molar-refractivity contribution in [3.63, 3.8) is 0 Å².